The number of benzene rings is 8. The van der Waals surface area contributed by atoms with Gasteiger partial charge in [0.05, 0.1) is 44.1 Å². The van der Waals surface area contributed by atoms with Gasteiger partial charge in [0.25, 0.3) is 0 Å². The molecule has 0 aliphatic carbocycles. The largest absolute Gasteiger partial charge is 0.308 e. The molecule has 5 heterocycles. The third-order valence-corrected chi connectivity index (χ3v) is 13.7. The first-order chi connectivity index (χ1) is 25.3. The van der Waals surface area contributed by atoms with Crippen LogP contribution in [0.2, 0.25) is 0 Å². The van der Waals surface area contributed by atoms with Crippen LogP contribution in [0.3, 0.4) is 0 Å². The molecule has 13 rings (SSSR count). The van der Waals surface area contributed by atoms with E-state index >= 15 is 0 Å². The Balaban J connectivity index is 1.25. The fourth-order valence-electron chi connectivity index (χ4n) is 9.17. The molecule has 51 heavy (non-hydrogen) atoms. The van der Waals surface area contributed by atoms with Gasteiger partial charge in [0.1, 0.15) is 0 Å². The summed E-state index contributed by atoms with van der Waals surface area (Å²) >= 11 is 3.75. The van der Waals surface area contributed by atoms with E-state index in [1.54, 1.807) is 0 Å². The lowest BCUT2D eigenvalue weighted by Gasteiger charge is -2.19. The maximum Gasteiger partial charge on any atom is 0.0703 e. The van der Waals surface area contributed by atoms with Crippen molar-refractivity contribution >= 4 is 111 Å². The molecular formula is C46H25N3S2. The van der Waals surface area contributed by atoms with Gasteiger partial charge in [-0.05, 0) is 66.0 Å². The predicted octanol–water partition coefficient (Wildman–Crippen LogP) is 13.1. The molecular weight excluding hydrogens is 659 g/mol. The van der Waals surface area contributed by atoms with Crippen LogP contribution in [-0.4, -0.2) is 13.4 Å². The van der Waals surface area contributed by atoms with Gasteiger partial charge >= 0.3 is 0 Å². The van der Waals surface area contributed by atoms with E-state index in [4.69, 9.17) is 0 Å². The number of hydrogen-bond donors (Lipinski definition) is 0. The van der Waals surface area contributed by atoms with Crippen molar-refractivity contribution in [2.24, 2.45) is 0 Å². The maximum atomic E-state index is 2.56. The second-order valence-electron chi connectivity index (χ2n) is 13.7. The Kier molecular flexibility index (Phi) is 4.99. The summed E-state index contributed by atoms with van der Waals surface area (Å²) in [4.78, 5) is 5.27. The molecule has 4 aromatic heterocycles. The van der Waals surface area contributed by atoms with Crippen LogP contribution in [0.5, 0.6) is 0 Å². The highest BCUT2D eigenvalue weighted by Crippen LogP contribution is 2.50. The molecule has 0 saturated carbocycles. The molecule has 0 amide bonds. The number of fused-ring (bicyclic) bond motifs is 15. The number of rotatable bonds is 1. The van der Waals surface area contributed by atoms with E-state index in [2.05, 4.69) is 165 Å². The van der Waals surface area contributed by atoms with Gasteiger partial charge in [0, 0.05) is 63.0 Å². The average Bonchev–Trinajstić information content (AvgIpc) is 3.79. The van der Waals surface area contributed by atoms with Gasteiger partial charge in [0.15, 0.2) is 0 Å². The standard InChI is InChI=1S/C46H25N3S2/c1-3-11-33-28(9-1)31-22-23-37-43(45(31)47(33)27-19-24-40-41(25-27)51-39-16-8-7-15-38(39)50-40)32-21-18-26-17-20-30-29-10-2-4-12-34(29)48-35-13-5-6-14-36(35)49(37)46(32)42(26)44(30)48/h1-25H. The van der Waals surface area contributed by atoms with E-state index < -0.39 is 0 Å². The first-order valence-corrected chi connectivity index (χ1v) is 19.0. The molecule has 0 spiro atoms. The SMILES string of the molecule is c1ccc2c(c1)Sc1ccc(-n3c4ccccc4c4ccc5c(c6ccc7ccc8c9ccccc9n9c%10ccccc%10n5c6c7c89)c43)cc1S2. The van der Waals surface area contributed by atoms with Crippen LogP contribution in [-0.2, 0) is 0 Å². The molecule has 8 aromatic carbocycles. The van der Waals surface area contributed by atoms with Gasteiger partial charge in [0.2, 0.25) is 0 Å². The highest BCUT2D eigenvalue weighted by atomic mass is 32.2. The van der Waals surface area contributed by atoms with Crippen LogP contribution in [0.1, 0.15) is 0 Å². The van der Waals surface area contributed by atoms with E-state index in [1.165, 1.54) is 112 Å². The third kappa shape index (κ3) is 3.30. The first kappa shape index (κ1) is 26.9. The number of para-hydroxylation sites is 4. The summed E-state index contributed by atoms with van der Waals surface area (Å²) in [5, 5.41) is 10.3. The van der Waals surface area contributed by atoms with Crippen LogP contribution in [0.4, 0.5) is 0 Å². The third-order valence-electron chi connectivity index (χ3n) is 11.2. The number of aromatic nitrogens is 3. The Labute approximate surface area is 299 Å². The minimum Gasteiger partial charge on any atom is -0.308 e. The molecule has 0 saturated heterocycles. The zero-order valence-electron chi connectivity index (χ0n) is 27.1. The van der Waals surface area contributed by atoms with Crippen molar-refractivity contribution in [2.75, 3.05) is 0 Å². The normalized spacial score (nSPS) is 13.3. The van der Waals surface area contributed by atoms with E-state index in [0.717, 1.165) is 0 Å². The van der Waals surface area contributed by atoms with Crippen molar-refractivity contribution < 1.29 is 0 Å². The lowest BCUT2D eigenvalue weighted by molar-refractivity contribution is 1.11. The van der Waals surface area contributed by atoms with Crippen molar-refractivity contribution in [1.29, 1.82) is 0 Å². The minimum atomic E-state index is 1.19. The summed E-state index contributed by atoms with van der Waals surface area (Å²) in [7, 11) is 0. The van der Waals surface area contributed by atoms with Gasteiger partial charge in [-0.1, -0.05) is 115 Å². The van der Waals surface area contributed by atoms with Crippen molar-refractivity contribution in [2.45, 2.75) is 19.6 Å². The Hall–Kier alpha value is -5.88. The molecule has 1 aliphatic rings. The van der Waals surface area contributed by atoms with Crippen molar-refractivity contribution in [3.63, 3.8) is 0 Å². The second kappa shape index (κ2) is 9.46. The summed E-state index contributed by atoms with van der Waals surface area (Å²) in [6.07, 6.45) is 0. The van der Waals surface area contributed by atoms with E-state index in [1.807, 2.05) is 23.5 Å². The topological polar surface area (TPSA) is 13.8 Å². The zero-order chi connectivity index (χ0) is 32.9. The molecule has 0 N–H and O–H groups in total. The number of nitrogens with zero attached hydrogens (tertiary/aromatic N) is 3. The molecule has 12 aromatic rings. The summed E-state index contributed by atoms with van der Waals surface area (Å²) in [5.74, 6) is 0. The molecule has 236 valence electrons. The molecule has 0 radical (unpaired) electrons. The molecule has 1 aliphatic heterocycles. The van der Waals surface area contributed by atoms with Gasteiger partial charge < -0.3 is 13.4 Å². The fourth-order valence-corrected chi connectivity index (χ4v) is 11.4. The van der Waals surface area contributed by atoms with Gasteiger partial charge in [-0.25, -0.2) is 0 Å². The molecule has 0 fully saturated rings. The summed E-state index contributed by atoms with van der Waals surface area (Å²) in [6.45, 7) is 0. The highest BCUT2D eigenvalue weighted by molar-refractivity contribution is 8.05. The van der Waals surface area contributed by atoms with E-state index in [0.29, 0.717) is 0 Å². The van der Waals surface area contributed by atoms with Gasteiger partial charge in [-0.2, -0.15) is 0 Å². The number of hydrogen-bond acceptors (Lipinski definition) is 2. The molecule has 3 nitrogen and oxygen atoms in total. The fraction of sp³-hybridized carbons (Fsp3) is 0. The van der Waals surface area contributed by atoms with E-state index in [-0.39, 0.29) is 0 Å². The minimum absolute atomic E-state index is 1.19. The summed E-state index contributed by atoms with van der Waals surface area (Å²) in [6, 6.07) is 56.6. The second-order valence-corrected chi connectivity index (χ2v) is 15.9. The van der Waals surface area contributed by atoms with Crippen molar-refractivity contribution in [1.82, 2.24) is 13.4 Å². The summed E-state index contributed by atoms with van der Waals surface area (Å²) in [5.41, 5.74) is 11.1. The highest BCUT2D eigenvalue weighted by Gasteiger charge is 2.25. The van der Waals surface area contributed by atoms with Crippen LogP contribution in [0.15, 0.2) is 171 Å². The molecule has 0 atom stereocenters. The molecule has 5 heteroatoms. The van der Waals surface area contributed by atoms with Crippen molar-refractivity contribution in [3.05, 3.63) is 152 Å². The Bertz CT molecular complexity index is 3490. The smallest absolute Gasteiger partial charge is 0.0703 e. The predicted molar refractivity (Wildman–Crippen MR) is 216 cm³/mol. The van der Waals surface area contributed by atoms with Crippen molar-refractivity contribution in [3.8, 4) is 5.69 Å². The monoisotopic (exact) mass is 683 g/mol. The average molecular weight is 684 g/mol. The molecule has 0 unspecified atom stereocenters. The Morgan fingerprint density at radius 3 is 1.67 bits per heavy atom. The van der Waals surface area contributed by atoms with Crippen LogP contribution >= 0.6 is 23.5 Å². The van der Waals surface area contributed by atoms with Crippen LogP contribution in [0.25, 0.3) is 92.9 Å². The Morgan fingerprint density at radius 1 is 0.333 bits per heavy atom. The van der Waals surface area contributed by atoms with Crippen LogP contribution in [0, 0.1) is 0 Å². The van der Waals surface area contributed by atoms with E-state index in [9.17, 15) is 0 Å². The lowest BCUT2D eigenvalue weighted by Crippen LogP contribution is -1.97. The quantitative estimate of drug-likeness (QED) is 0.171. The van der Waals surface area contributed by atoms with Gasteiger partial charge in [-0.3, -0.25) is 0 Å². The first-order valence-electron chi connectivity index (χ1n) is 17.4. The Morgan fingerprint density at radius 2 is 0.882 bits per heavy atom. The molecule has 0 bridgehead atoms. The zero-order valence-corrected chi connectivity index (χ0v) is 28.7. The van der Waals surface area contributed by atoms with Gasteiger partial charge in [-0.15, -0.1) is 0 Å². The maximum absolute atomic E-state index is 2.56. The summed E-state index contributed by atoms with van der Waals surface area (Å²) < 4.78 is 7.60. The lowest BCUT2D eigenvalue weighted by atomic mass is 10.0. The van der Waals surface area contributed by atoms with Crippen LogP contribution < -0.4 is 0 Å².